The second-order valence-corrected chi connectivity index (χ2v) is 8.37. The summed E-state index contributed by atoms with van der Waals surface area (Å²) in [6, 6.07) is 0. The van der Waals surface area contributed by atoms with Crippen molar-refractivity contribution in [3.63, 3.8) is 0 Å². The molecule has 0 aliphatic heterocycles. The van der Waals surface area contributed by atoms with E-state index < -0.39 is 11.9 Å². The molecule has 3 N–H and O–H groups in total. The number of primary amides is 1. The minimum atomic E-state index is -0.652. The van der Waals surface area contributed by atoms with Gasteiger partial charge in [0.1, 0.15) is 9.88 Å². The van der Waals surface area contributed by atoms with Gasteiger partial charge in [-0.3, -0.25) is 9.59 Å². The number of ether oxygens (including phenoxy) is 1. The SMILES string of the molecule is Cc1c(C(=O)OC(C)C)sc(NC(=O)[C@H]2C[C@H]3CC[C@H]2C3)c1C(N)=O. The molecule has 136 valence electrons. The van der Waals surface area contributed by atoms with Gasteiger partial charge >= 0.3 is 5.97 Å². The number of rotatable bonds is 5. The lowest BCUT2D eigenvalue weighted by Gasteiger charge is -2.20. The van der Waals surface area contributed by atoms with E-state index in [-0.39, 0.29) is 23.5 Å². The van der Waals surface area contributed by atoms with E-state index in [1.807, 2.05) is 0 Å². The highest BCUT2D eigenvalue weighted by atomic mass is 32.1. The van der Waals surface area contributed by atoms with Crippen LogP contribution >= 0.6 is 11.3 Å². The van der Waals surface area contributed by atoms with Crippen LogP contribution in [0.25, 0.3) is 0 Å². The first-order valence-corrected chi connectivity index (χ1v) is 9.54. The van der Waals surface area contributed by atoms with Gasteiger partial charge in [0.2, 0.25) is 5.91 Å². The molecule has 0 radical (unpaired) electrons. The normalized spacial score (nSPS) is 24.6. The molecule has 2 bridgehead atoms. The van der Waals surface area contributed by atoms with Crippen molar-refractivity contribution in [2.24, 2.45) is 23.5 Å². The van der Waals surface area contributed by atoms with Crippen LogP contribution in [0, 0.1) is 24.7 Å². The van der Waals surface area contributed by atoms with Gasteiger partial charge in [0.05, 0.1) is 11.7 Å². The summed E-state index contributed by atoms with van der Waals surface area (Å²) in [6.07, 6.45) is 4.08. The number of carbonyl (C=O) groups is 3. The highest BCUT2D eigenvalue weighted by Gasteiger charge is 2.43. The molecule has 0 saturated heterocycles. The molecule has 6 nitrogen and oxygen atoms in total. The monoisotopic (exact) mass is 364 g/mol. The predicted molar refractivity (Wildman–Crippen MR) is 95.7 cm³/mol. The third-order valence-electron chi connectivity index (χ3n) is 5.23. The predicted octanol–water partition coefficient (Wildman–Crippen LogP) is 3.10. The summed E-state index contributed by atoms with van der Waals surface area (Å²) >= 11 is 1.06. The van der Waals surface area contributed by atoms with E-state index in [0.717, 1.165) is 30.6 Å². The fourth-order valence-electron chi connectivity index (χ4n) is 4.13. The Morgan fingerprint density at radius 3 is 2.48 bits per heavy atom. The van der Waals surface area contributed by atoms with Crippen LogP contribution in [0.2, 0.25) is 0 Å². The van der Waals surface area contributed by atoms with Gasteiger partial charge in [0.25, 0.3) is 5.91 Å². The number of anilines is 1. The number of amides is 2. The number of hydrogen-bond donors (Lipinski definition) is 2. The quantitative estimate of drug-likeness (QED) is 0.784. The Morgan fingerprint density at radius 2 is 1.96 bits per heavy atom. The first-order valence-electron chi connectivity index (χ1n) is 8.73. The Bertz CT molecular complexity index is 725. The van der Waals surface area contributed by atoms with Crippen LogP contribution in [0.15, 0.2) is 0 Å². The zero-order valence-corrected chi connectivity index (χ0v) is 15.6. The van der Waals surface area contributed by atoms with Crippen molar-refractivity contribution < 1.29 is 19.1 Å². The molecule has 2 aliphatic carbocycles. The van der Waals surface area contributed by atoms with Gasteiger partial charge in [-0.1, -0.05) is 6.42 Å². The standard InChI is InChI=1S/C18H24N2O4S/c1-8(2)24-18(23)14-9(3)13(15(19)21)17(25-14)20-16(22)12-7-10-4-5-11(12)6-10/h8,10-12H,4-7H2,1-3H3,(H2,19,21)(H,20,22)/t10-,11-,12-/m0/s1. The van der Waals surface area contributed by atoms with E-state index in [9.17, 15) is 14.4 Å². The molecular formula is C18H24N2O4S. The molecule has 7 heteroatoms. The smallest absolute Gasteiger partial charge is 0.348 e. The third-order valence-corrected chi connectivity index (χ3v) is 6.42. The van der Waals surface area contributed by atoms with Crippen molar-refractivity contribution >= 4 is 34.1 Å². The maximum absolute atomic E-state index is 12.7. The second-order valence-electron chi connectivity index (χ2n) is 7.35. The number of hydrogen-bond acceptors (Lipinski definition) is 5. The largest absolute Gasteiger partial charge is 0.459 e. The maximum atomic E-state index is 12.7. The lowest BCUT2D eigenvalue weighted by atomic mass is 9.88. The average molecular weight is 364 g/mol. The molecule has 0 aromatic carbocycles. The summed E-state index contributed by atoms with van der Waals surface area (Å²) in [6.45, 7) is 5.17. The van der Waals surface area contributed by atoms with E-state index >= 15 is 0 Å². The van der Waals surface area contributed by atoms with Crippen LogP contribution in [0.5, 0.6) is 0 Å². The molecule has 1 aromatic rings. The number of thiophene rings is 1. The van der Waals surface area contributed by atoms with Gasteiger partial charge in [-0.15, -0.1) is 11.3 Å². The van der Waals surface area contributed by atoms with Crippen molar-refractivity contribution in [2.45, 2.75) is 52.6 Å². The minimum Gasteiger partial charge on any atom is -0.459 e. The van der Waals surface area contributed by atoms with Crippen LogP contribution in [0.3, 0.4) is 0 Å². The van der Waals surface area contributed by atoms with E-state index in [1.165, 1.54) is 6.42 Å². The summed E-state index contributed by atoms with van der Waals surface area (Å²) in [7, 11) is 0. The van der Waals surface area contributed by atoms with Crippen molar-refractivity contribution in [1.82, 2.24) is 0 Å². The fraction of sp³-hybridized carbons (Fsp3) is 0.611. The number of nitrogens with two attached hydrogens (primary N) is 1. The molecule has 3 atom stereocenters. The first-order chi connectivity index (χ1) is 11.8. The summed E-state index contributed by atoms with van der Waals surface area (Å²) in [4.78, 5) is 37.1. The summed E-state index contributed by atoms with van der Waals surface area (Å²) in [5, 5.41) is 3.21. The van der Waals surface area contributed by atoms with Crippen LogP contribution in [0.4, 0.5) is 5.00 Å². The Kier molecular flexibility index (Phi) is 4.86. The molecule has 25 heavy (non-hydrogen) atoms. The lowest BCUT2D eigenvalue weighted by Crippen LogP contribution is -2.27. The number of esters is 1. The van der Waals surface area contributed by atoms with Gasteiger partial charge in [0, 0.05) is 5.92 Å². The summed E-state index contributed by atoms with van der Waals surface area (Å²) in [5.74, 6) is -0.139. The van der Waals surface area contributed by atoms with Gasteiger partial charge in [0.15, 0.2) is 0 Å². The summed E-state index contributed by atoms with van der Waals surface area (Å²) in [5.41, 5.74) is 6.15. The van der Waals surface area contributed by atoms with Crippen LogP contribution < -0.4 is 11.1 Å². The molecule has 3 rings (SSSR count). The first kappa shape index (κ1) is 17.9. The molecule has 0 unspecified atom stereocenters. The molecule has 0 spiro atoms. The van der Waals surface area contributed by atoms with Crippen molar-refractivity contribution in [3.8, 4) is 0 Å². The van der Waals surface area contributed by atoms with Crippen molar-refractivity contribution in [1.29, 1.82) is 0 Å². The van der Waals surface area contributed by atoms with Crippen molar-refractivity contribution in [2.75, 3.05) is 5.32 Å². The van der Waals surface area contributed by atoms with Crippen LogP contribution in [-0.2, 0) is 9.53 Å². The minimum absolute atomic E-state index is 0.00653. The molecule has 1 heterocycles. The van der Waals surface area contributed by atoms with Gasteiger partial charge in [-0.2, -0.15) is 0 Å². The molecule has 2 amide bonds. The molecule has 2 aliphatic rings. The van der Waals surface area contributed by atoms with E-state index in [1.54, 1.807) is 20.8 Å². The molecular weight excluding hydrogens is 340 g/mol. The highest BCUT2D eigenvalue weighted by molar-refractivity contribution is 7.18. The van der Waals surface area contributed by atoms with E-state index in [0.29, 0.717) is 27.3 Å². The van der Waals surface area contributed by atoms with Crippen molar-refractivity contribution in [3.05, 3.63) is 16.0 Å². The zero-order valence-electron chi connectivity index (χ0n) is 14.8. The Morgan fingerprint density at radius 1 is 1.24 bits per heavy atom. The van der Waals surface area contributed by atoms with Gasteiger partial charge in [-0.25, -0.2) is 4.79 Å². The lowest BCUT2D eigenvalue weighted by molar-refractivity contribution is -0.121. The zero-order chi connectivity index (χ0) is 18.3. The topological polar surface area (TPSA) is 98.5 Å². The van der Waals surface area contributed by atoms with Gasteiger partial charge in [-0.05, 0) is 57.4 Å². The van der Waals surface area contributed by atoms with Crippen LogP contribution in [-0.4, -0.2) is 23.9 Å². The average Bonchev–Trinajstić information content (AvgIpc) is 3.20. The molecule has 1 aromatic heterocycles. The number of nitrogens with one attached hydrogen (secondary N) is 1. The third kappa shape index (κ3) is 3.42. The molecule has 2 fully saturated rings. The molecule has 2 saturated carbocycles. The van der Waals surface area contributed by atoms with E-state index in [2.05, 4.69) is 5.32 Å². The van der Waals surface area contributed by atoms with E-state index in [4.69, 9.17) is 10.5 Å². The van der Waals surface area contributed by atoms with Gasteiger partial charge < -0.3 is 15.8 Å². The Hall–Kier alpha value is -1.89. The number of carbonyl (C=O) groups excluding carboxylic acids is 3. The maximum Gasteiger partial charge on any atom is 0.348 e. The second kappa shape index (κ2) is 6.78. The Balaban J connectivity index is 1.83. The van der Waals surface area contributed by atoms with Crippen LogP contribution in [0.1, 0.15) is 65.1 Å². The summed E-state index contributed by atoms with van der Waals surface area (Å²) < 4.78 is 5.22. The highest BCUT2D eigenvalue weighted by Crippen LogP contribution is 2.49. The Labute approximate surface area is 151 Å². The fourth-order valence-corrected chi connectivity index (χ4v) is 5.23. The number of fused-ring (bicyclic) bond motifs is 2.